The van der Waals surface area contributed by atoms with Gasteiger partial charge >= 0.3 is 0 Å². The summed E-state index contributed by atoms with van der Waals surface area (Å²) in [6.45, 7) is 0.514. The Morgan fingerprint density at radius 2 is 1.66 bits per heavy atom. The number of ether oxygens (including phenoxy) is 1. The van der Waals surface area contributed by atoms with Crippen molar-refractivity contribution in [2.75, 3.05) is 19.0 Å². The fourth-order valence-corrected chi connectivity index (χ4v) is 5.80. The van der Waals surface area contributed by atoms with Crippen molar-refractivity contribution < 1.29 is 17.9 Å². The highest BCUT2D eigenvalue weighted by atomic mass is 32.2. The van der Waals surface area contributed by atoms with Gasteiger partial charge in [0.15, 0.2) is 0 Å². The number of carbonyl (C=O) groups excluding carboxylic acids is 1. The van der Waals surface area contributed by atoms with Crippen LogP contribution in [0.15, 0.2) is 83.8 Å². The second-order valence-corrected chi connectivity index (χ2v) is 10.9. The summed E-state index contributed by atoms with van der Waals surface area (Å²) in [5, 5.41) is 2.84. The summed E-state index contributed by atoms with van der Waals surface area (Å²) in [7, 11) is -1.90. The number of anilines is 1. The predicted octanol–water partition coefficient (Wildman–Crippen LogP) is 5.51. The molecule has 1 amide bonds. The van der Waals surface area contributed by atoms with Crippen LogP contribution in [-0.4, -0.2) is 38.3 Å². The number of benzene rings is 3. The van der Waals surface area contributed by atoms with Crippen molar-refractivity contribution >= 4 is 21.6 Å². The van der Waals surface area contributed by atoms with E-state index in [0.29, 0.717) is 23.6 Å². The summed E-state index contributed by atoms with van der Waals surface area (Å²) < 4.78 is 33.4. The van der Waals surface area contributed by atoms with Crippen LogP contribution in [0.3, 0.4) is 0 Å². The second-order valence-electron chi connectivity index (χ2n) is 8.90. The molecule has 184 valence electrons. The fourth-order valence-electron chi connectivity index (χ4n) is 4.38. The molecule has 7 heteroatoms. The van der Waals surface area contributed by atoms with Crippen LogP contribution < -0.4 is 10.1 Å². The molecule has 6 nitrogen and oxygen atoms in total. The molecule has 0 heterocycles. The third-order valence-electron chi connectivity index (χ3n) is 6.48. The van der Waals surface area contributed by atoms with E-state index in [0.717, 1.165) is 32.1 Å². The van der Waals surface area contributed by atoms with Crippen LogP contribution in [0.2, 0.25) is 0 Å². The molecule has 3 aromatic carbocycles. The standard InChI is InChI=1S/C28H32N2O4S/c1-30(25-12-6-3-7-13-25)35(32,33)27-17-15-24(16-18-27)29-28(31)23-11-8-14-26(21-23)34-20-19-22-9-4-2-5-10-22/h2,4-5,8-11,14-18,21,25H,3,6-7,12-13,19-20H2,1H3,(H,29,31). The van der Waals surface area contributed by atoms with Crippen LogP contribution in [-0.2, 0) is 16.4 Å². The van der Waals surface area contributed by atoms with Gasteiger partial charge in [-0.3, -0.25) is 4.79 Å². The molecule has 0 atom stereocenters. The van der Waals surface area contributed by atoms with Crippen LogP contribution in [0.25, 0.3) is 0 Å². The SMILES string of the molecule is CN(C1CCCCC1)S(=O)(=O)c1ccc(NC(=O)c2cccc(OCCc3ccccc3)c2)cc1. The number of hydrogen-bond acceptors (Lipinski definition) is 4. The van der Waals surface area contributed by atoms with Gasteiger partial charge in [0, 0.05) is 30.8 Å². The summed E-state index contributed by atoms with van der Waals surface area (Å²) in [4.78, 5) is 13.0. The van der Waals surface area contributed by atoms with Gasteiger partial charge in [0.25, 0.3) is 5.91 Å². The van der Waals surface area contributed by atoms with E-state index in [1.807, 2.05) is 24.3 Å². The molecule has 0 radical (unpaired) electrons. The van der Waals surface area contributed by atoms with Gasteiger partial charge in [0.2, 0.25) is 10.0 Å². The van der Waals surface area contributed by atoms with Crippen LogP contribution in [0.4, 0.5) is 5.69 Å². The Bertz CT molecular complexity index is 1220. The van der Waals surface area contributed by atoms with Crippen molar-refractivity contribution in [2.24, 2.45) is 0 Å². The van der Waals surface area contributed by atoms with Gasteiger partial charge in [-0.25, -0.2) is 8.42 Å². The molecule has 0 bridgehead atoms. The number of nitrogens with zero attached hydrogens (tertiary/aromatic N) is 1. The molecule has 0 aromatic heterocycles. The lowest BCUT2D eigenvalue weighted by atomic mass is 9.96. The summed E-state index contributed by atoms with van der Waals surface area (Å²) in [5.74, 6) is 0.342. The maximum Gasteiger partial charge on any atom is 0.255 e. The largest absolute Gasteiger partial charge is 0.493 e. The molecule has 1 aliphatic carbocycles. The van der Waals surface area contributed by atoms with Crippen LogP contribution in [0.5, 0.6) is 5.75 Å². The zero-order chi connectivity index (χ0) is 24.7. The third-order valence-corrected chi connectivity index (χ3v) is 8.40. The van der Waals surface area contributed by atoms with Crippen molar-refractivity contribution in [3.8, 4) is 5.75 Å². The van der Waals surface area contributed by atoms with Crippen molar-refractivity contribution in [2.45, 2.75) is 49.5 Å². The Kier molecular flexibility index (Phi) is 8.21. The smallest absolute Gasteiger partial charge is 0.255 e. The van der Waals surface area contributed by atoms with Crippen LogP contribution in [0, 0.1) is 0 Å². The molecule has 0 unspecified atom stereocenters. The Morgan fingerprint density at radius 1 is 0.943 bits per heavy atom. The number of rotatable bonds is 9. The zero-order valence-electron chi connectivity index (χ0n) is 20.0. The lowest BCUT2D eigenvalue weighted by molar-refractivity contribution is 0.102. The van der Waals surface area contributed by atoms with Crippen LogP contribution >= 0.6 is 0 Å². The molecule has 0 saturated heterocycles. The Hall–Kier alpha value is -3.16. The highest BCUT2D eigenvalue weighted by molar-refractivity contribution is 7.89. The minimum absolute atomic E-state index is 0.0512. The number of hydrogen-bond donors (Lipinski definition) is 1. The van der Waals surface area contributed by atoms with E-state index in [-0.39, 0.29) is 16.8 Å². The number of nitrogens with one attached hydrogen (secondary N) is 1. The second kappa shape index (κ2) is 11.5. The predicted molar refractivity (Wildman–Crippen MR) is 138 cm³/mol. The quantitative estimate of drug-likeness (QED) is 0.427. The van der Waals surface area contributed by atoms with Crippen molar-refractivity contribution in [3.05, 3.63) is 90.0 Å². The van der Waals surface area contributed by atoms with Gasteiger partial charge < -0.3 is 10.1 Å². The minimum Gasteiger partial charge on any atom is -0.493 e. The molecule has 0 spiro atoms. The molecule has 1 saturated carbocycles. The highest BCUT2D eigenvalue weighted by Crippen LogP contribution is 2.27. The first-order valence-corrected chi connectivity index (χ1v) is 13.5. The monoisotopic (exact) mass is 492 g/mol. The average Bonchev–Trinajstić information content (AvgIpc) is 2.90. The van der Waals surface area contributed by atoms with E-state index in [1.54, 1.807) is 49.5 Å². The topological polar surface area (TPSA) is 75.7 Å². The highest BCUT2D eigenvalue weighted by Gasteiger charge is 2.28. The first-order chi connectivity index (χ1) is 16.9. The number of carbonyl (C=O) groups is 1. The molecule has 1 N–H and O–H groups in total. The fraction of sp³-hybridized carbons (Fsp3) is 0.321. The van der Waals surface area contributed by atoms with E-state index >= 15 is 0 Å². The summed E-state index contributed by atoms with van der Waals surface area (Å²) >= 11 is 0. The molecule has 35 heavy (non-hydrogen) atoms. The maximum absolute atomic E-state index is 13.0. The first-order valence-electron chi connectivity index (χ1n) is 12.1. The van der Waals surface area contributed by atoms with Crippen molar-refractivity contribution in [3.63, 3.8) is 0 Å². The molecular weight excluding hydrogens is 460 g/mol. The van der Waals surface area contributed by atoms with E-state index in [1.165, 1.54) is 16.3 Å². The summed E-state index contributed by atoms with van der Waals surface area (Å²) in [6.07, 6.45) is 5.88. The molecule has 1 aliphatic rings. The zero-order valence-corrected chi connectivity index (χ0v) is 20.8. The van der Waals surface area contributed by atoms with Gasteiger partial charge in [-0.2, -0.15) is 4.31 Å². The van der Waals surface area contributed by atoms with Gasteiger partial charge in [0.05, 0.1) is 11.5 Å². The average molecular weight is 493 g/mol. The first kappa shape index (κ1) is 24.9. The Balaban J connectivity index is 1.35. The molecule has 4 rings (SSSR count). The van der Waals surface area contributed by atoms with Crippen molar-refractivity contribution in [1.82, 2.24) is 4.31 Å². The number of sulfonamides is 1. The lowest BCUT2D eigenvalue weighted by Crippen LogP contribution is -2.38. The van der Waals surface area contributed by atoms with E-state index < -0.39 is 10.0 Å². The normalized spacial score (nSPS) is 14.6. The summed E-state index contributed by atoms with van der Waals surface area (Å²) in [5.41, 5.74) is 2.19. The molecule has 1 fully saturated rings. The maximum atomic E-state index is 13.0. The third kappa shape index (κ3) is 6.50. The molecular formula is C28H32N2O4S. The lowest BCUT2D eigenvalue weighted by Gasteiger charge is -2.30. The van der Waals surface area contributed by atoms with E-state index in [9.17, 15) is 13.2 Å². The molecule has 3 aromatic rings. The van der Waals surface area contributed by atoms with Gasteiger partial charge in [-0.15, -0.1) is 0 Å². The van der Waals surface area contributed by atoms with Gasteiger partial charge in [-0.1, -0.05) is 55.7 Å². The summed E-state index contributed by atoms with van der Waals surface area (Å²) in [6, 6.07) is 23.5. The minimum atomic E-state index is -3.57. The van der Waals surface area contributed by atoms with Crippen LogP contribution in [0.1, 0.15) is 48.0 Å². The number of amides is 1. The Labute approximate surface area is 208 Å². The van der Waals surface area contributed by atoms with E-state index in [2.05, 4.69) is 17.4 Å². The molecule has 0 aliphatic heterocycles. The van der Waals surface area contributed by atoms with Gasteiger partial charge in [-0.05, 0) is 60.9 Å². The Morgan fingerprint density at radius 3 is 2.37 bits per heavy atom. The van der Waals surface area contributed by atoms with Crippen molar-refractivity contribution in [1.29, 1.82) is 0 Å². The van der Waals surface area contributed by atoms with Gasteiger partial charge in [0.1, 0.15) is 5.75 Å². The van der Waals surface area contributed by atoms with E-state index in [4.69, 9.17) is 4.74 Å².